The van der Waals surface area contributed by atoms with Crippen LogP contribution in [-0.2, 0) is 11.2 Å². The van der Waals surface area contributed by atoms with Gasteiger partial charge in [0.25, 0.3) is 0 Å². The van der Waals surface area contributed by atoms with Crippen LogP contribution < -0.4 is 4.74 Å². The summed E-state index contributed by atoms with van der Waals surface area (Å²) in [5.41, 5.74) is 0.913. The van der Waals surface area contributed by atoms with E-state index in [0.717, 1.165) is 5.56 Å². The topological polar surface area (TPSA) is 66.8 Å². The van der Waals surface area contributed by atoms with Crippen LogP contribution >= 0.6 is 0 Å². The maximum absolute atomic E-state index is 10.3. The number of rotatable bonds is 5. The van der Waals surface area contributed by atoms with E-state index in [9.17, 15) is 9.90 Å². The lowest BCUT2D eigenvalue weighted by molar-refractivity contribution is -0.137. The Kier molecular flexibility index (Phi) is 3.97. The third-order valence-electron chi connectivity index (χ3n) is 2.11. The van der Waals surface area contributed by atoms with E-state index in [4.69, 9.17) is 9.84 Å². The van der Waals surface area contributed by atoms with Gasteiger partial charge >= 0.3 is 5.97 Å². The standard InChI is InChI=1S/C11H14O4/c1-15-10-7-9(12)6-5-8(10)3-2-4-11(13)14/h5-7,12H,2-4H2,1H3,(H,13,14). The number of carboxylic acids is 1. The van der Waals surface area contributed by atoms with Crippen molar-refractivity contribution < 1.29 is 19.7 Å². The van der Waals surface area contributed by atoms with E-state index in [2.05, 4.69) is 0 Å². The molecule has 0 spiro atoms. The summed E-state index contributed by atoms with van der Waals surface area (Å²) in [5, 5.41) is 17.7. The van der Waals surface area contributed by atoms with Gasteiger partial charge in [0.1, 0.15) is 11.5 Å². The number of benzene rings is 1. The summed E-state index contributed by atoms with van der Waals surface area (Å²) in [6, 6.07) is 4.84. The van der Waals surface area contributed by atoms with Crippen molar-refractivity contribution in [3.8, 4) is 11.5 Å². The van der Waals surface area contributed by atoms with E-state index in [-0.39, 0.29) is 12.2 Å². The molecule has 0 heterocycles. The molecule has 0 aromatic heterocycles. The van der Waals surface area contributed by atoms with Gasteiger partial charge in [0.15, 0.2) is 0 Å². The predicted molar refractivity (Wildman–Crippen MR) is 55.2 cm³/mol. The fourth-order valence-corrected chi connectivity index (χ4v) is 1.37. The maximum Gasteiger partial charge on any atom is 0.303 e. The van der Waals surface area contributed by atoms with Crippen molar-refractivity contribution in [2.75, 3.05) is 7.11 Å². The molecule has 1 rings (SSSR count). The van der Waals surface area contributed by atoms with E-state index in [1.54, 1.807) is 12.1 Å². The van der Waals surface area contributed by atoms with Crippen molar-refractivity contribution in [3.05, 3.63) is 23.8 Å². The normalized spacial score (nSPS) is 9.93. The minimum atomic E-state index is -0.798. The van der Waals surface area contributed by atoms with Crippen molar-refractivity contribution >= 4 is 5.97 Å². The van der Waals surface area contributed by atoms with Crippen molar-refractivity contribution in [1.82, 2.24) is 0 Å². The molecule has 0 amide bonds. The highest BCUT2D eigenvalue weighted by Gasteiger charge is 2.05. The molecule has 0 saturated heterocycles. The van der Waals surface area contributed by atoms with Crippen LogP contribution in [0.1, 0.15) is 18.4 Å². The lowest BCUT2D eigenvalue weighted by Gasteiger charge is -2.07. The molecule has 2 N–H and O–H groups in total. The van der Waals surface area contributed by atoms with Crippen LogP contribution in [0.5, 0.6) is 11.5 Å². The predicted octanol–water partition coefficient (Wildman–Crippen LogP) is 1.81. The largest absolute Gasteiger partial charge is 0.508 e. The van der Waals surface area contributed by atoms with E-state index in [0.29, 0.717) is 18.6 Å². The molecule has 4 nitrogen and oxygen atoms in total. The smallest absolute Gasteiger partial charge is 0.303 e. The lowest BCUT2D eigenvalue weighted by atomic mass is 10.1. The molecule has 1 aromatic rings. The van der Waals surface area contributed by atoms with Crippen molar-refractivity contribution in [2.24, 2.45) is 0 Å². The minimum Gasteiger partial charge on any atom is -0.508 e. The summed E-state index contributed by atoms with van der Waals surface area (Å²) < 4.78 is 5.08. The van der Waals surface area contributed by atoms with Gasteiger partial charge in [-0.25, -0.2) is 0 Å². The molecule has 15 heavy (non-hydrogen) atoms. The Hall–Kier alpha value is -1.71. The molecule has 1 aromatic carbocycles. The fraction of sp³-hybridized carbons (Fsp3) is 0.364. The molecular formula is C11H14O4. The van der Waals surface area contributed by atoms with Gasteiger partial charge in [-0.1, -0.05) is 6.07 Å². The molecule has 0 atom stereocenters. The Bertz CT molecular complexity index is 346. The second-order valence-electron chi connectivity index (χ2n) is 3.24. The van der Waals surface area contributed by atoms with Crippen LogP contribution in [0.4, 0.5) is 0 Å². The molecule has 82 valence electrons. The summed E-state index contributed by atoms with van der Waals surface area (Å²) in [6.07, 6.45) is 1.34. The summed E-state index contributed by atoms with van der Waals surface area (Å²) in [4.78, 5) is 10.3. The van der Waals surface area contributed by atoms with Gasteiger partial charge in [-0.05, 0) is 24.5 Å². The maximum atomic E-state index is 10.3. The first-order valence-electron chi connectivity index (χ1n) is 4.71. The van der Waals surface area contributed by atoms with Crippen LogP contribution in [0.2, 0.25) is 0 Å². The molecule has 0 unspecified atom stereocenters. The number of aliphatic carboxylic acids is 1. The van der Waals surface area contributed by atoms with Crippen LogP contribution in [0.25, 0.3) is 0 Å². The summed E-state index contributed by atoms with van der Waals surface area (Å²) in [5.74, 6) is -0.0537. The van der Waals surface area contributed by atoms with Crippen LogP contribution in [0.3, 0.4) is 0 Å². The summed E-state index contributed by atoms with van der Waals surface area (Å²) >= 11 is 0. The van der Waals surface area contributed by atoms with Gasteiger partial charge in [0.05, 0.1) is 7.11 Å². The molecule has 0 aliphatic rings. The molecule has 0 saturated carbocycles. The number of ether oxygens (including phenoxy) is 1. The molecule has 0 fully saturated rings. The molecule has 0 radical (unpaired) electrons. The van der Waals surface area contributed by atoms with Gasteiger partial charge in [-0.2, -0.15) is 0 Å². The zero-order chi connectivity index (χ0) is 11.3. The summed E-state index contributed by atoms with van der Waals surface area (Å²) in [6.45, 7) is 0. The minimum absolute atomic E-state index is 0.143. The number of aryl methyl sites for hydroxylation is 1. The Morgan fingerprint density at radius 1 is 1.47 bits per heavy atom. The van der Waals surface area contributed by atoms with Crippen molar-refractivity contribution in [3.63, 3.8) is 0 Å². The number of carbonyl (C=O) groups is 1. The average Bonchev–Trinajstić information content (AvgIpc) is 2.19. The van der Waals surface area contributed by atoms with E-state index in [1.807, 2.05) is 0 Å². The zero-order valence-electron chi connectivity index (χ0n) is 8.56. The van der Waals surface area contributed by atoms with Crippen LogP contribution in [0.15, 0.2) is 18.2 Å². The van der Waals surface area contributed by atoms with Gasteiger partial charge in [-0.15, -0.1) is 0 Å². The number of phenols is 1. The third-order valence-corrected chi connectivity index (χ3v) is 2.11. The van der Waals surface area contributed by atoms with E-state index in [1.165, 1.54) is 13.2 Å². The first-order valence-corrected chi connectivity index (χ1v) is 4.71. The number of carboxylic acid groups (broad SMARTS) is 1. The van der Waals surface area contributed by atoms with E-state index < -0.39 is 5.97 Å². The quantitative estimate of drug-likeness (QED) is 0.777. The zero-order valence-corrected chi connectivity index (χ0v) is 8.56. The monoisotopic (exact) mass is 210 g/mol. The number of hydrogen-bond acceptors (Lipinski definition) is 3. The molecule has 0 aliphatic carbocycles. The highest BCUT2D eigenvalue weighted by atomic mass is 16.5. The number of methoxy groups -OCH3 is 1. The Labute approximate surface area is 88.1 Å². The summed E-state index contributed by atoms with van der Waals surface area (Å²) in [7, 11) is 1.52. The van der Waals surface area contributed by atoms with Crippen LogP contribution in [0, 0.1) is 0 Å². The number of phenolic OH excluding ortho intramolecular Hbond substituents is 1. The fourth-order valence-electron chi connectivity index (χ4n) is 1.37. The highest BCUT2D eigenvalue weighted by Crippen LogP contribution is 2.24. The highest BCUT2D eigenvalue weighted by molar-refractivity contribution is 5.66. The Morgan fingerprint density at radius 2 is 2.20 bits per heavy atom. The molecular weight excluding hydrogens is 196 g/mol. The first kappa shape index (κ1) is 11.4. The molecule has 0 aliphatic heterocycles. The van der Waals surface area contributed by atoms with Crippen LogP contribution in [-0.4, -0.2) is 23.3 Å². The van der Waals surface area contributed by atoms with Gasteiger partial charge in [-0.3, -0.25) is 4.79 Å². The number of hydrogen-bond donors (Lipinski definition) is 2. The van der Waals surface area contributed by atoms with Gasteiger partial charge in [0, 0.05) is 12.5 Å². The molecule has 4 heteroatoms. The first-order chi connectivity index (χ1) is 7.13. The second kappa shape index (κ2) is 5.24. The lowest BCUT2D eigenvalue weighted by Crippen LogP contribution is -1.97. The van der Waals surface area contributed by atoms with Gasteiger partial charge < -0.3 is 14.9 Å². The molecule has 0 bridgehead atoms. The van der Waals surface area contributed by atoms with Crippen molar-refractivity contribution in [1.29, 1.82) is 0 Å². The Morgan fingerprint density at radius 3 is 2.80 bits per heavy atom. The average molecular weight is 210 g/mol. The number of aromatic hydroxyl groups is 1. The SMILES string of the molecule is COc1cc(O)ccc1CCCC(=O)O. The Balaban J connectivity index is 2.63. The second-order valence-corrected chi connectivity index (χ2v) is 3.24. The van der Waals surface area contributed by atoms with E-state index >= 15 is 0 Å². The third kappa shape index (κ3) is 3.50. The van der Waals surface area contributed by atoms with Gasteiger partial charge in [0.2, 0.25) is 0 Å². The van der Waals surface area contributed by atoms with Crippen molar-refractivity contribution in [2.45, 2.75) is 19.3 Å².